The van der Waals surface area contributed by atoms with E-state index in [0.29, 0.717) is 43.4 Å². The number of esters is 1. The minimum atomic E-state index is -0.743. The maximum atomic E-state index is 13.8. The number of furan rings is 1. The Hall–Kier alpha value is -3.79. The third-order valence-electron chi connectivity index (χ3n) is 6.79. The molecule has 1 aromatic carbocycles. The molecule has 2 aromatic heterocycles. The second-order valence-electron chi connectivity index (χ2n) is 9.14. The summed E-state index contributed by atoms with van der Waals surface area (Å²) in [7, 11) is 3.10. The molecule has 10 heteroatoms. The number of carbonyl (C=O) groups excluding carboxylic acids is 1. The van der Waals surface area contributed by atoms with Gasteiger partial charge in [0.2, 0.25) is 0 Å². The molecule has 2 aliphatic heterocycles. The maximum absolute atomic E-state index is 13.8. The van der Waals surface area contributed by atoms with E-state index in [1.807, 2.05) is 18.2 Å². The molecule has 5 rings (SSSR count). The highest BCUT2D eigenvalue weighted by Gasteiger charge is 2.34. The molecule has 0 amide bonds. The Morgan fingerprint density at radius 2 is 1.89 bits per heavy atom. The molecule has 1 fully saturated rings. The van der Waals surface area contributed by atoms with Crippen molar-refractivity contribution in [3.63, 3.8) is 0 Å². The van der Waals surface area contributed by atoms with Gasteiger partial charge in [-0.15, -0.1) is 0 Å². The number of thiazole rings is 1. The monoisotopic (exact) mass is 537 g/mol. The zero-order valence-corrected chi connectivity index (χ0v) is 22.8. The molecule has 0 spiro atoms. The number of nitrogens with zero attached hydrogens (tertiary/aromatic N) is 3. The van der Waals surface area contributed by atoms with Gasteiger partial charge < -0.3 is 23.5 Å². The summed E-state index contributed by atoms with van der Waals surface area (Å²) < 4.78 is 24.4. The average molecular weight is 538 g/mol. The Kier molecular flexibility index (Phi) is 7.42. The molecule has 0 bridgehead atoms. The fourth-order valence-corrected chi connectivity index (χ4v) is 5.99. The van der Waals surface area contributed by atoms with Crippen molar-refractivity contribution in [3.8, 4) is 11.5 Å². The SMILES string of the molecule is CCOC(=O)C1=C(C)N=c2s/c(=C\c3ccc(N4CCCCC4)o3)c(=O)n2C1c1ccc(OC)c(OC)c1. The molecule has 0 saturated carbocycles. The minimum Gasteiger partial charge on any atom is -0.493 e. The summed E-state index contributed by atoms with van der Waals surface area (Å²) in [6.45, 7) is 5.65. The highest BCUT2D eigenvalue weighted by atomic mass is 32.1. The van der Waals surface area contributed by atoms with Gasteiger partial charge in [-0.2, -0.15) is 0 Å². The number of rotatable bonds is 7. The first-order chi connectivity index (χ1) is 18.4. The summed E-state index contributed by atoms with van der Waals surface area (Å²) in [5.41, 5.74) is 1.22. The van der Waals surface area contributed by atoms with E-state index in [4.69, 9.17) is 18.6 Å². The van der Waals surface area contributed by atoms with E-state index in [1.54, 1.807) is 50.8 Å². The van der Waals surface area contributed by atoms with Gasteiger partial charge in [-0.05, 0) is 56.9 Å². The van der Waals surface area contributed by atoms with Crippen LogP contribution in [-0.4, -0.2) is 44.5 Å². The van der Waals surface area contributed by atoms with Crippen molar-refractivity contribution in [3.05, 3.63) is 72.6 Å². The largest absolute Gasteiger partial charge is 0.493 e. The van der Waals surface area contributed by atoms with Gasteiger partial charge in [-0.25, -0.2) is 9.79 Å². The lowest BCUT2D eigenvalue weighted by Crippen LogP contribution is -2.39. The summed E-state index contributed by atoms with van der Waals surface area (Å²) in [6.07, 6.45) is 5.27. The number of piperidine rings is 1. The highest BCUT2D eigenvalue weighted by Crippen LogP contribution is 2.36. The second-order valence-corrected chi connectivity index (χ2v) is 10.1. The molecular formula is C28H31N3O6S. The molecule has 1 unspecified atom stereocenters. The zero-order valence-electron chi connectivity index (χ0n) is 22.0. The van der Waals surface area contributed by atoms with Crippen molar-refractivity contribution < 1.29 is 23.4 Å². The first-order valence-electron chi connectivity index (χ1n) is 12.7. The lowest BCUT2D eigenvalue weighted by Gasteiger charge is -2.25. The Bertz CT molecular complexity index is 1560. The summed E-state index contributed by atoms with van der Waals surface area (Å²) >= 11 is 1.26. The maximum Gasteiger partial charge on any atom is 0.338 e. The Morgan fingerprint density at radius 1 is 1.13 bits per heavy atom. The summed E-state index contributed by atoms with van der Waals surface area (Å²) in [4.78, 5) is 34.3. The lowest BCUT2D eigenvalue weighted by molar-refractivity contribution is -0.139. The number of allylic oxidation sites excluding steroid dienone is 1. The third-order valence-corrected chi connectivity index (χ3v) is 7.78. The van der Waals surface area contributed by atoms with E-state index in [1.165, 1.54) is 17.8 Å². The number of carbonyl (C=O) groups is 1. The molecule has 1 atom stereocenters. The molecule has 9 nitrogen and oxygen atoms in total. The molecular weight excluding hydrogens is 506 g/mol. The van der Waals surface area contributed by atoms with E-state index in [0.717, 1.165) is 31.8 Å². The van der Waals surface area contributed by atoms with Crippen molar-refractivity contribution in [1.29, 1.82) is 0 Å². The summed E-state index contributed by atoms with van der Waals surface area (Å²) in [5.74, 6) is 1.93. The van der Waals surface area contributed by atoms with E-state index in [-0.39, 0.29) is 12.2 Å². The fourth-order valence-electron chi connectivity index (χ4n) is 4.96. The number of hydrogen-bond acceptors (Lipinski definition) is 9. The second kappa shape index (κ2) is 10.9. The van der Waals surface area contributed by atoms with Gasteiger partial charge in [0.1, 0.15) is 5.76 Å². The minimum absolute atomic E-state index is 0.205. The van der Waals surface area contributed by atoms with Crippen LogP contribution in [0.2, 0.25) is 0 Å². The average Bonchev–Trinajstić information content (AvgIpc) is 3.52. The van der Waals surface area contributed by atoms with Crippen molar-refractivity contribution in [1.82, 2.24) is 4.57 Å². The molecule has 2 aliphatic rings. The molecule has 200 valence electrons. The summed E-state index contributed by atoms with van der Waals surface area (Å²) in [6, 6.07) is 8.43. The van der Waals surface area contributed by atoms with Gasteiger partial charge >= 0.3 is 5.97 Å². The van der Waals surface area contributed by atoms with Crippen LogP contribution in [0.15, 0.2) is 55.8 Å². The highest BCUT2D eigenvalue weighted by molar-refractivity contribution is 7.07. The quantitative estimate of drug-likeness (QED) is 0.427. The van der Waals surface area contributed by atoms with E-state index in [9.17, 15) is 9.59 Å². The predicted octanol–water partition coefficient (Wildman–Crippen LogP) is 3.40. The van der Waals surface area contributed by atoms with Crippen LogP contribution in [0.25, 0.3) is 6.08 Å². The molecule has 0 aliphatic carbocycles. The van der Waals surface area contributed by atoms with Gasteiger partial charge in [0, 0.05) is 25.2 Å². The van der Waals surface area contributed by atoms with E-state index >= 15 is 0 Å². The van der Waals surface area contributed by atoms with Gasteiger partial charge in [-0.1, -0.05) is 17.4 Å². The fraction of sp³-hybridized carbons (Fsp3) is 0.393. The topological polar surface area (TPSA) is 95.5 Å². The number of aromatic nitrogens is 1. The Morgan fingerprint density at radius 3 is 2.61 bits per heavy atom. The number of benzene rings is 1. The van der Waals surface area contributed by atoms with Crippen LogP contribution in [0.4, 0.5) is 5.88 Å². The van der Waals surface area contributed by atoms with Gasteiger partial charge in [0.05, 0.1) is 42.7 Å². The lowest BCUT2D eigenvalue weighted by atomic mass is 9.95. The van der Waals surface area contributed by atoms with E-state index in [2.05, 4.69) is 9.89 Å². The number of anilines is 1. The zero-order chi connectivity index (χ0) is 26.8. The van der Waals surface area contributed by atoms with Crippen LogP contribution in [0.3, 0.4) is 0 Å². The Labute approximate surface area is 224 Å². The third kappa shape index (κ3) is 4.76. The van der Waals surface area contributed by atoms with Crippen LogP contribution in [0.1, 0.15) is 50.5 Å². The van der Waals surface area contributed by atoms with E-state index < -0.39 is 12.0 Å². The number of methoxy groups -OCH3 is 2. The molecule has 0 N–H and O–H groups in total. The van der Waals surface area contributed by atoms with Crippen molar-refractivity contribution >= 4 is 29.3 Å². The van der Waals surface area contributed by atoms with Crippen molar-refractivity contribution in [2.45, 2.75) is 39.2 Å². The smallest absolute Gasteiger partial charge is 0.338 e. The van der Waals surface area contributed by atoms with Crippen LogP contribution in [0.5, 0.6) is 11.5 Å². The molecule has 1 saturated heterocycles. The molecule has 0 radical (unpaired) electrons. The predicted molar refractivity (Wildman–Crippen MR) is 145 cm³/mol. The normalized spacial score (nSPS) is 17.7. The molecule has 4 heterocycles. The first kappa shape index (κ1) is 25.8. The molecule has 38 heavy (non-hydrogen) atoms. The van der Waals surface area contributed by atoms with Crippen molar-refractivity contribution in [2.75, 3.05) is 38.8 Å². The van der Waals surface area contributed by atoms with Crippen LogP contribution in [0, 0.1) is 0 Å². The van der Waals surface area contributed by atoms with Crippen LogP contribution >= 0.6 is 11.3 Å². The number of hydrogen-bond donors (Lipinski definition) is 0. The molecule has 3 aromatic rings. The van der Waals surface area contributed by atoms with Gasteiger partial charge in [-0.3, -0.25) is 9.36 Å². The number of ether oxygens (including phenoxy) is 3. The Balaban J connectivity index is 1.63. The van der Waals surface area contributed by atoms with Gasteiger partial charge in [0.25, 0.3) is 5.56 Å². The number of fused-ring (bicyclic) bond motifs is 1. The van der Waals surface area contributed by atoms with Gasteiger partial charge in [0.15, 0.2) is 22.2 Å². The van der Waals surface area contributed by atoms with Crippen LogP contribution < -0.4 is 29.3 Å². The van der Waals surface area contributed by atoms with Crippen LogP contribution in [-0.2, 0) is 9.53 Å². The van der Waals surface area contributed by atoms with Crippen molar-refractivity contribution in [2.24, 2.45) is 4.99 Å². The standard InChI is InChI=1S/C28H31N3O6S/c1-5-36-27(33)24-17(2)29-28-31(25(24)18-9-11-20(34-3)21(15-18)35-4)26(32)22(38-28)16-19-10-12-23(37-19)30-13-7-6-8-14-30/h9-12,15-16,25H,5-8,13-14H2,1-4H3/b22-16-. The first-order valence-corrected chi connectivity index (χ1v) is 13.5. The summed E-state index contributed by atoms with van der Waals surface area (Å²) in [5, 5.41) is 0.